The van der Waals surface area contributed by atoms with Gasteiger partial charge in [-0.15, -0.1) is 0 Å². The minimum atomic E-state index is -0.740. The molecule has 9 nitrogen and oxygen atoms in total. The molecule has 1 saturated heterocycles. The number of esters is 1. The van der Waals surface area contributed by atoms with Gasteiger partial charge in [0.05, 0.1) is 18.7 Å². The van der Waals surface area contributed by atoms with Crippen LogP contribution < -0.4 is 10.6 Å². The zero-order valence-corrected chi connectivity index (χ0v) is 17.4. The van der Waals surface area contributed by atoms with Crippen molar-refractivity contribution in [2.45, 2.75) is 52.1 Å². The number of ether oxygens (including phenoxy) is 1. The van der Waals surface area contributed by atoms with Gasteiger partial charge in [-0.1, -0.05) is 26.7 Å². The molecule has 4 amide bonds. The Morgan fingerprint density at radius 3 is 2.80 bits per heavy atom. The lowest BCUT2D eigenvalue weighted by Crippen LogP contribution is -2.45. The van der Waals surface area contributed by atoms with E-state index >= 15 is 0 Å². The summed E-state index contributed by atoms with van der Waals surface area (Å²) < 4.78 is 10.1. The molecular formula is C21H29N3O6. The maximum absolute atomic E-state index is 12.5. The van der Waals surface area contributed by atoms with Crippen molar-refractivity contribution in [3.05, 3.63) is 24.2 Å². The fourth-order valence-corrected chi connectivity index (χ4v) is 4.25. The molecule has 2 fully saturated rings. The lowest BCUT2D eigenvalue weighted by molar-refractivity contribution is -0.152. The van der Waals surface area contributed by atoms with Crippen LogP contribution in [-0.4, -0.2) is 47.9 Å². The van der Waals surface area contributed by atoms with Crippen molar-refractivity contribution >= 4 is 23.8 Å². The molecule has 1 aromatic heterocycles. The molecule has 1 aliphatic carbocycles. The molecule has 0 unspecified atom stereocenters. The Bertz CT molecular complexity index is 778. The van der Waals surface area contributed by atoms with Gasteiger partial charge in [-0.25, -0.2) is 4.79 Å². The van der Waals surface area contributed by atoms with Gasteiger partial charge < -0.3 is 19.4 Å². The Kier molecular flexibility index (Phi) is 7.12. The normalized spacial score (nSPS) is 26.3. The Balaban J connectivity index is 1.40. The second kappa shape index (κ2) is 9.77. The van der Waals surface area contributed by atoms with Crippen LogP contribution in [0.5, 0.6) is 0 Å². The lowest BCUT2D eigenvalue weighted by Gasteiger charge is -2.39. The summed E-state index contributed by atoms with van der Waals surface area (Å²) >= 11 is 0. The number of hydrogen-bond donors (Lipinski definition) is 2. The molecule has 2 aliphatic rings. The summed E-state index contributed by atoms with van der Waals surface area (Å²) in [6.45, 7) is 4.24. The second-order valence-electron chi connectivity index (χ2n) is 8.20. The number of amides is 4. The van der Waals surface area contributed by atoms with E-state index < -0.39 is 30.4 Å². The topological polar surface area (TPSA) is 118 Å². The molecule has 2 heterocycles. The standard InChI is InChI=1S/C21H29N3O6/c1-13-5-3-7-17(14(13)2)24-11-15(9-19(24)26)20(27)30-12-18(25)23-21(28)22-10-16-6-4-8-29-16/h4,6,8,13-15,17H,3,5,7,9-12H2,1-2H3,(H2,22,23,25,28)/t13-,14-,15-,17-/m1/s1. The summed E-state index contributed by atoms with van der Waals surface area (Å²) in [5, 5.41) is 4.54. The summed E-state index contributed by atoms with van der Waals surface area (Å²) in [5.41, 5.74) is 0. The first-order valence-corrected chi connectivity index (χ1v) is 10.4. The highest BCUT2D eigenvalue weighted by molar-refractivity contribution is 5.96. The second-order valence-corrected chi connectivity index (χ2v) is 8.20. The van der Waals surface area contributed by atoms with E-state index in [0.29, 0.717) is 24.1 Å². The summed E-state index contributed by atoms with van der Waals surface area (Å²) in [6.07, 6.45) is 4.77. The first kappa shape index (κ1) is 21.9. The quantitative estimate of drug-likeness (QED) is 0.679. The first-order chi connectivity index (χ1) is 14.3. The summed E-state index contributed by atoms with van der Waals surface area (Å²) in [6, 6.07) is 2.81. The van der Waals surface area contributed by atoms with Crippen molar-refractivity contribution in [2.24, 2.45) is 17.8 Å². The van der Waals surface area contributed by atoms with Crippen LogP contribution in [-0.2, 0) is 25.7 Å². The maximum atomic E-state index is 12.5. The van der Waals surface area contributed by atoms with E-state index in [9.17, 15) is 19.2 Å². The molecular weight excluding hydrogens is 390 g/mol. The van der Waals surface area contributed by atoms with E-state index in [1.807, 2.05) is 4.90 Å². The number of nitrogens with zero attached hydrogens (tertiary/aromatic N) is 1. The van der Waals surface area contributed by atoms with Crippen LogP contribution in [0.25, 0.3) is 0 Å². The molecule has 0 radical (unpaired) electrons. The molecule has 0 bridgehead atoms. The largest absolute Gasteiger partial charge is 0.467 e. The summed E-state index contributed by atoms with van der Waals surface area (Å²) in [7, 11) is 0. The average Bonchev–Trinajstić information content (AvgIpc) is 3.36. The summed E-state index contributed by atoms with van der Waals surface area (Å²) in [4.78, 5) is 50.2. The number of urea groups is 1. The van der Waals surface area contributed by atoms with Crippen molar-refractivity contribution in [3.8, 4) is 0 Å². The Morgan fingerprint density at radius 2 is 2.07 bits per heavy atom. The molecule has 3 rings (SSSR count). The van der Waals surface area contributed by atoms with E-state index in [-0.39, 0.29) is 24.9 Å². The van der Waals surface area contributed by atoms with E-state index in [4.69, 9.17) is 9.15 Å². The van der Waals surface area contributed by atoms with Gasteiger partial charge in [0.2, 0.25) is 5.91 Å². The molecule has 4 atom stereocenters. The molecule has 164 valence electrons. The number of nitrogens with one attached hydrogen (secondary N) is 2. The number of furan rings is 1. The monoisotopic (exact) mass is 419 g/mol. The SMILES string of the molecule is C[C@@H]1[C@H](C)CCC[C@H]1N1C[C@H](C(=O)OCC(=O)NC(=O)NCc2ccco2)CC1=O. The number of imide groups is 1. The Morgan fingerprint density at radius 1 is 1.27 bits per heavy atom. The van der Waals surface area contributed by atoms with E-state index in [0.717, 1.165) is 19.3 Å². The predicted molar refractivity (Wildman–Crippen MR) is 106 cm³/mol. The van der Waals surface area contributed by atoms with Crippen LogP contribution >= 0.6 is 0 Å². The third kappa shape index (κ3) is 5.40. The fourth-order valence-electron chi connectivity index (χ4n) is 4.25. The molecule has 9 heteroatoms. The van der Waals surface area contributed by atoms with Gasteiger partial charge in [0.25, 0.3) is 5.91 Å². The van der Waals surface area contributed by atoms with Crippen molar-refractivity contribution in [1.82, 2.24) is 15.5 Å². The summed E-state index contributed by atoms with van der Waals surface area (Å²) in [5.74, 6) is -0.467. The van der Waals surface area contributed by atoms with Crippen molar-refractivity contribution in [3.63, 3.8) is 0 Å². The number of rotatable bonds is 6. The van der Waals surface area contributed by atoms with Crippen molar-refractivity contribution in [1.29, 1.82) is 0 Å². The van der Waals surface area contributed by atoms with Crippen LogP contribution in [0.4, 0.5) is 4.79 Å². The lowest BCUT2D eigenvalue weighted by atomic mass is 9.77. The number of likely N-dealkylation sites (tertiary alicyclic amines) is 1. The molecule has 30 heavy (non-hydrogen) atoms. The van der Waals surface area contributed by atoms with E-state index in [1.165, 1.54) is 6.26 Å². The predicted octanol–water partition coefficient (Wildman–Crippen LogP) is 1.82. The van der Waals surface area contributed by atoms with Gasteiger partial charge in [-0.3, -0.25) is 19.7 Å². The molecule has 1 saturated carbocycles. The minimum absolute atomic E-state index is 0.0374. The molecule has 0 spiro atoms. The smallest absolute Gasteiger partial charge is 0.321 e. The number of carbonyl (C=O) groups is 4. The number of hydrogen-bond acceptors (Lipinski definition) is 6. The third-order valence-electron chi connectivity index (χ3n) is 6.16. The van der Waals surface area contributed by atoms with Crippen LogP contribution in [0.15, 0.2) is 22.8 Å². The highest BCUT2D eigenvalue weighted by Gasteiger charge is 2.42. The molecule has 1 aliphatic heterocycles. The molecule has 2 N–H and O–H groups in total. The van der Waals surface area contributed by atoms with Gasteiger partial charge in [0, 0.05) is 19.0 Å². The molecule has 0 aromatic carbocycles. The van der Waals surface area contributed by atoms with E-state index in [1.54, 1.807) is 12.1 Å². The van der Waals surface area contributed by atoms with Crippen molar-refractivity contribution in [2.75, 3.05) is 13.2 Å². The Labute approximate surface area is 175 Å². The van der Waals surface area contributed by atoms with Gasteiger partial charge in [0.15, 0.2) is 6.61 Å². The van der Waals surface area contributed by atoms with Crippen LogP contribution in [0.3, 0.4) is 0 Å². The van der Waals surface area contributed by atoms with Crippen molar-refractivity contribution < 1.29 is 28.3 Å². The highest BCUT2D eigenvalue weighted by atomic mass is 16.5. The van der Waals surface area contributed by atoms with Crippen LogP contribution in [0, 0.1) is 17.8 Å². The highest BCUT2D eigenvalue weighted by Crippen LogP contribution is 2.35. The van der Waals surface area contributed by atoms with E-state index in [2.05, 4.69) is 24.5 Å². The maximum Gasteiger partial charge on any atom is 0.321 e. The Hall–Kier alpha value is -2.84. The van der Waals surface area contributed by atoms with Crippen LogP contribution in [0.1, 0.15) is 45.3 Å². The molecule has 1 aromatic rings. The van der Waals surface area contributed by atoms with Gasteiger partial charge in [-0.05, 0) is 30.4 Å². The third-order valence-corrected chi connectivity index (χ3v) is 6.16. The van der Waals surface area contributed by atoms with Gasteiger partial charge in [0.1, 0.15) is 5.76 Å². The minimum Gasteiger partial charge on any atom is -0.467 e. The van der Waals surface area contributed by atoms with Gasteiger partial charge >= 0.3 is 12.0 Å². The van der Waals surface area contributed by atoms with Gasteiger partial charge in [-0.2, -0.15) is 0 Å². The zero-order valence-electron chi connectivity index (χ0n) is 17.4. The fraction of sp³-hybridized carbons (Fsp3) is 0.619. The number of carbonyl (C=O) groups excluding carboxylic acids is 4. The first-order valence-electron chi connectivity index (χ1n) is 10.4. The van der Waals surface area contributed by atoms with Crippen LogP contribution in [0.2, 0.25) is 0 Å². The zero-order chi connectivity index (χ0) is 21.7. The average molecular weight is 419 g/mol.